The fourth-order valence-electron chi connectivity index (χ4n) is 2.02. The first-order chi connectivity index (χ1) is 10.9. The van der Waals surface area contributed by atoms with E-state index >= 15 is 0 Å². The molecule has 0 saturated carbocycles. The number of hydrogen-bond donors (Lipinski definition) is 2. The van der Waals surface area contributed by atoms with Gasteiger partial charge in [-0.25, -0.2) is 9.78 Å². The van der Waals surface area contributed by atoms with Crippen LogP contribution in [0.25, 0.3) is 5.82 Å². The van der Waals surface area contributed by atoms with Crippen LogP contribution in [0.3, 0.4) is 0 Å². The molecule has 0 aliphatic rings. The normalized spacial score (nSPS) is 11.8. The fourth-order valence-corrected chi connectivity index (χ4v) is 2.02. The molecule has 2 rings (SSSR count). The molecule has 0 aliphatic carbocycles. The maximum atomic E-state index is 12.2. The zero-order chi connectivity index (χ0) is 17.0. The first-order valence-electron chi connectivity index (χ1n) is 7.11. The Morgan fingerprint density at radius 1 is 1.43 bits per heavy atom. The third kappa shape index (κ3) is 4.06. The van der Waals surface area contributed by atoms with Crippen molar-refractivity contribution in [1.82, 2.24) is 19.7 Å². The Hall–Kier alpha value is -2.90. The quantitative estimate of drug-likeness (QED) is 0.875. The minimum Gasteiger partial charge on any atom is -0.481 e. The second-order valence-electron chi connectivity index (χ2n) is 5.32. The van der Waals surface area contributed by atoms with Gasteiger partial charge in [-0.15, -0.1) is 0 Å². The molecular formula is C15H19N5O3. The lowest BCUT2D eigenvalue weighted by atomic mass is 10.2. The molecule has 0 aromatic carbocycles. The number of hydrogen-bond acceptors (Lipinski definition) is 4. The largest absolute Gasteiger partial charge is 0.481 e. The van der Waals surface area contributed by atoms with Crippen LogP contribution in [0.1, 0.15) is 12.6 Å². The molecule has 0 radical (unpaired) electrons. The number of pyridine rings is 1. The van der Waals surface area contributed by atoms with Crippen LogP contribution in [0.4, 0.5) is 10.6 Å². The summed E-state index contributed by atoms with van der Waals surface area (Å²) in [6, 6.07) is 6.71. The third-order valence-corrected chi connectivity index (χ3v) is 3.25. The number of anilines is 1. The van der Waals surface area contributed by atoms with Gasteiger partial charge in [0, 0.05) is 25.9 Å². The predicted octanol–water partition coefficient (Wildman–Crippen LogP) is 1.76. The Labute approximate surface area is 133 Å². The smallest absolute Gasteiger partial charge is 0.322 e. The molecule has 122 valence electrons. The van der Waals surface area contributed by atoms with Crippen LogP contribution >= 0.6 is 0 Å². The molecule has 2 heterocycles. The van der Waals surface area contributed by atoms with E-state index in [1.165, 1.54) is 9.58 Å². The minimum absolute atomic E-state index is 0.109. The molecule has 0 spiro atoms. The van der Waals surface area contributed by atoms with E-state index in [4.69, 9.17) is 5.11 Å². The number of aromatic nitrogens is 3. The van der Waals surface area contributed by atoms with E-state index in [1.807, 2.05) is 13.0 Å². The molecule has 1 atom stereocenters. The van der Waals surface area contributed by atoms with Crippen molar-refractivity contribution >= 4 is 17.8 Å². The summed E-state index contributed by atoms with van der Waals surface area (Å²) in [6.07, 6.45) is 1.64. The third-order valence-electron chi connectivity index (χ3n) is 3.25. The number of aryl methyl sites for hydroxylation is 1. The van der Waals surface area contributed by atoms with Gasteiger partial charge in [0.25, 0.3) is 0 Å². The van der Waals surface area contributed by atoms with Crippen molar-refractivity contribution < 1.29 is 14.7 Å². The van der Waals surface area contributed by atoms with Gasteiger partial charge in [0.05, 0.1) is 11.6 Å². The van der Waals surface area contributed by atoms with Crippen LogP contribution in [-0.4, -0.2) is 50.4 Å². The Kier molecular flexibility index (Phi) is 4.95. The standard InChI is InChI=1S/C15H19N5O3/c1-10(14(21)22)9-19(3)15(23)17-13-8-11(2)18-20(13)12-6-4-5-7-16-12/h4-8,10H,9H2,1-3H3,(H,17,23)(H,21,22). The number of aliphatic carboxylic acids is 1. The Morgan fingerprint density at radius 3 is 2.78 bits per heavy atom. The molecule has 0 saturated heterocycles. The molecule has 2 aromatic heterocycles. The van der Waals surface area contributed by atoms with Crippen LogP contribution in [0, 0.1) is 12.8 Å². The highest BCUT2D eigenvalue weighted by atomic mass is 16.4. The van der Waals surface area contributed by atoms with Gasteiger partial charge in [0.2, 0.25) is 0 Å². The molecule has 0 aliphatic heterocycles. The molecule has 0 fully saturated rings. The fraction of sp³-hybridized carbons (Fsp3) is 0.333. The van der Waals surface area contributed by atoms with Gasteiger partial charge in [-0.1, -0.05) is 13.0 Å². The highest BCUT2D eigenvalue weighted by Gasteiger charge is 2.19. The summed E-state index contributed by atoms with van der Waals surface area (Å²) in [7, 11) is 1.54. The molecule has 23 heavy (non-hydrogen) atoms. The first-order valence-corrected chi connectivity index (χ1v) is 7.11. The van der Waals surface area contributed by atoms with E-state index in [9.17, 15) is 9.59 Å². The first kappa shape index (κ1) is 16.5. The molecule has 1 unspecified atom stereocenters. The van der Waals surface area contributed by atoms with E-state index in [-0.39, 0.29) is 6.54 Å². The Bertz CT molecular complexity index is 698. The molecule has 2 N–H and O–H groups in total. The number of carboxylic acid groups (broad SMARTS) is 1. The number of nitrogens with one attached hydrogen (secondary N) is 1. The number of rotatable bonds is 5. The molecule has 2 amide bonds. The zero-order valence-corrected chi connectivity index (χ0v) is 13.2. The number of carboxylic acids is 1. The summed E-state index contributed by atoms with van der Waals surface area (Å²) >= 11 is 0. The monoisotopic (exact) mass is 317 g/mol. The molecule has 8 nitrogen and oxygen atoms in total. The maximum absolute atomic E-state index is 12.2. The van der Waals surface area contributed by atoms with Gasteiger partial charge in [0.1, 0.15) is 5.82 Å². The topological polar surface area (TPSA) is 100 Å². The summed E-state index contributed by atoms with van der Waals surface area (Å²) in [5.41, 5.74) is 0.729. The second kappa shape index (κ2) is 6.91. The highest BCUT2D eigenvalue weighted by molar-refractivity contribution is 5.89. The van der Waals surface area contributed by atoms with Crippen LogP contribution in [0.15, 0.2) is 30.5 Å². The summed E-state index contributed by atoms with van der Waals surface area (Å²) in [4.78, 5) is 28.6. The molecule has 0 bridgehead atoms. The molecular weight excluding hydrogens is 298 g/mol. The Morgan fingerprint density at radius 2 is 2.17 bits per heavy atom. The summed E-state index contributed by atoms with van der Waals surface area (Å²) in [6.45, 7) is 3.47. The average molecular weight is 317 g/mol. The van der Waals surface area contributed by atoms with Gasteiger partial charge < -0.3 is 10.0 Å². The van der Waals surface area contributed by atoms with Crippen molar-refractivity contribution in [3.8, 4) is 5.82 Å². The van der Waals surface area contributed by atoms with Crippen molar-refractivity contribution in [3.05, 3.63) is 36.2 Å². The molecule has 8 heteroatoms. The van der Waals surface area contributed by atoms with Gasteiger partial charge in [0.15, 0.2) is 5.82 Å². The van der Waals surface area contributed by atoms with E-state index in [2.05, 4.69) is 15.4 Å². The summed E-state index contributed by atoms with van der Waals surface area (Å²) in [5, 5.41) is 16.0. The lowest BCUT2D eigenvalue weighted by Crippen LogP contribution is -2.37. The van der Waals surface area contributed by atoms with Crippen LogP contribution < -0.4 is 5.32 Å². The van der Waals surface area contributed by atoms with Gasteiger partial charge >= 0.3 is 12.0 Å². The SMILES string of the molecule is Cc1cc(NC(=O)N(C)CC(C)C(=O)O)n(-c2ccccn2)n1. The van der Waals surface area contributed by atoms with Gasteiger partial charge in [-0.2, -0.15) is 9.78 Å². The predicted molar refractivity (Wildman–Crippen MR) is 84.5 cm³/mol. The van der Waals surface area contributed by atoms with Crippen LogP contribution in [-0.2, 0) is 4.79 Å². The van der Waals surface area contributed by atoms with Crippen molar-refractivity contribution in [3.63, 3.8) is 0 Å². The summed E-state index contributed by atoms with van der Waals surface area (Å²) in [5.74, 6) is -0.536. The number of nitrogens with zero attached hydrogens (tertiary/aromatic N) is 4. The van der Waals surface area contributed by atoms with Crippen molar-refractivity contribution in [2.45, 2.75) is 13.8 Å². The lowest BCUT2D eigenvalue weighted by Gasteiger charge is -2.20. The van der Waals surface area contributed by atoms with Crippen molar-refractivity contribution in [1.29, 1.82) is 0 Å². The molecule has 2 aromatic rings. The van der Waals surface area contributed by atoms with Crippen molar-refractivity contribution in [2.75, 3.05) is 18.9 Å². The average Bonchev–Trinajstić information content (AvgIpc) is 2.88. The van der Waals surface area contributed by atoms with E-state index in [0.717, 1.165) is 5.69 Å². The van der Waals surface area contributed by atoms with Crippen molar-refractivity contribution in [2.24, 2.45) is 5.92 Å². The highest BCUT2D eigenvalue weighted by Crippen LogP contribution is 2.15. The zero-order valence-electron chi connectivity index (χ0n) is 13.2. The second-order valence-corrected chi connectivity index (χ2v) is 5.32. The maximum Gasteiger partial charge on any atom is 0.322 e. The Balaban J connectivity index is 2.14. The summed E-state index contributed by atoms with van der Waals surface area (Å²) < 4.78 is 1.53. The number of amides is 2. The minimum atomic E-state index is -0.945. The number of carbonyl (C=O) groups excluding carboxylic acids is 1. The van der Waals surface area contributed by atoms with Crippen LogP contribution in [0.2, 0.25) is 0 Å². The number of carbonyl (C=O) groups is 2. The number of urea groups is 1. The van der Waals surface area contributed by atoms with E-state index in [0.29, 0.717) is 11.6 Å². The van der Waals surface area contributed by atoms with Gasteiger partial charge in [-0.3, -0.25) is 10.1 Å². The van der Waals surface area contributed by atoms with E-state index in [1.54, 1.807) is 38.4 Å². The van der Waals surface area contributed by atoms with E-state index < -0.39 is 17.9 Å². The lowest BCUT2D eigenvalue weighted by molar-refractivity contribution is -0.141. The van der Waals surface area contributed by atoms with Crippen LogP contribution in [0.5, 0.6) is 0 Å². The van der Waals surface area contributed by atoms with Gasteiger partial charge in [-0.05, 0) is 19.1 Å².